The minimum Gasteiger partial charge on any atom is -0.356 e. The molecule has 7 heteroatoms. The summed E-state index contributed by atoms with van der Waals surface area (Å²) in [7, 11) is 0.616. The second kappa shape index (κ2) is 9.16. The molecule has 1 unspecified atom stereocenters. The summed E-state index contributed by atoms with van der Waals surface area (Å²) in [6, 6.07) is 7.32. The fourth-order valence-electron chi connectivity index (χ4n) is 3.14. The molecule has 2 amide bonds. The van der Waals surface area contributed by atoms with Crippen LogP contribution in [-0.2, 0) is 21.1 Å². The van der Waals surface area contributed by atoms with Crippen LogP contribution in [0, 0.1) is 5.92 Å². The molecule has 1 atom stereocenters. The highest BCUT2D eigenvalue weighted by atomic mass is 32.2. The van der Waals surface area contributed by atoms with E-state index in [0.29, 0.717) is 36.5 Å². The van der Waals surface area contributed by atoms with E-state index in [1.807, 2.05) is 12.1 Å². The molecule has 0 saturated carbocycles. The first kappa shape index (κ1) is 20.4. The Kier molecular flexibility index (Phi) is 7.20. The lowest BCUT2D eigenvalue weighted by atomic mass is 10.0. The van der Waals surface area contributed by atoms with Crippen LogP contribution in [0.15, 0.2) is 24.3 Å². The van der Waals surface area contributed by atoms with Gasteiger partial charge in [-0.2, -0.15) is 0 Å². The van der Waals surface area contributed by atoms with Gasteiger partial charge in [0, 0.05) is 32.6 Å². The van der Waals surface area contributed by atoms with Crippen molar-refractivity contribution in [3.05, 3.63) is 35.4 Å². The van der Waals surface area contributed by atoms with Gasteiger partial charge in [-0.3, -0.25) is 9.59 Å². The molecule has 1 aliphatic rings. The van der Waals surface area contributed by atoms with Gasteiger partial charge in [-0.1, -0.05) is 12.1 Å². The molecule has 2 rings (SSSR count). The van der Waals surface area contributed by atoms with Gasteiger partial charge in [0.2, 0.25) is 5.91 Å². The van der Waals surface area contributed by atoms with Crippen molar-refractivity contribution >= 4 is 21.7 Å². The van der Waals surface area contributed by atoms with Crippen molar-refractivity contribution in [2.75, 3.05) is 32.1 Å². The van der Waals surface area contributed by atoms with Gasteiger partial charge in [-0.15, -0.1) is 0 Å². The minimum atomic E-state index is -2.81. The number of hydrogen-bond acceptors (Lipinski definition) is 4. The summed E-state index contributed by atoms with van der Waals surface area (Å²) in [5.41, 5.74) is 1.66. The van der Waals surface area contributed by atoms with Crippen LogP contribution in [0.3, 0.4) is 0 Å². The Bertz CT molecular complexity index is 726. The van der Waals surface area contributed by atoms with Crippen LogP contribution < -0.4 is 5.32 Å². The molecule has 26 heavy (non-hydrogen) atoms. The van der Waals surface area contributed by atoms with Gasteiger partial charge < -0.3 is 10.2 Å². The van der Waals surface area contributed by atoms with Crippen molar-refractivity contribution < 1.29 is 18.0 Å². The average Bonchev–Trinajstić information content (AvgIpc) is 2.95. The summed E-state index contributed by atoms with van der Waals surface area (Å²) in [6.45, 7) is 0.589. The fraction of sp³-hybridized carbons (Fsp3) is 0.579. The minimum absolute atomic E-state index is 0.00233. The summed E-state index contributed by atoms with van der Waals surface area (Å²) in [4.78, 5) is 25.3. The highest BCUT2D eigenvalue weighted by molar-refractivity contribution is 7.91. The topological polar surface area (TPSA) is 83.6 Å². The molecule has 0 radical (unpaired) electrons. The lowest BCUT2D eigenvalue weighted by Crippen LogP contribution is -2.25. The predicted molar refractivity (Wildman–Crippen MR) is 102 cm³/mol. The molecule has 0 aliphatic carbocycles. The summed E-state index contributed by atoms with van der Waals surface area (Å²) in [5, 5.41) is 2.89. The molecule has 1 aromatic carbocycles. The van der Waals surface area contributed by atoms with Crippen LogP contribution >= 0.6 is 0 Å². The Morgan fingerprint density at radius 3 is 2.46 bits per heavy atom. The molecule has 1 aliphatic heterocycles. The zero-order valence-electron chi connectivity index (χ0n) is 15.5. The number of rotatable bonds is 8. The van der Waals surface area contributed by atoms with Crippen LogP contribution in [-0.4, -0.2) is 57.3 Å². The predicted octanol–water partition coefficient (Wildman–Crippen LogP) is 1.65. The molecule has 0 spiro atoms. The first-order chi connectivity index (χ1) is 12.3. The highest BCUT2D eigenvalue weighted by Gasteiger charge is 2.27. The van der Waals surface area contributed by atoms with E-state index in [4.69, 9.17) is 0 Å². The van der Waals surface area contributed by atoms with Gasteiger partial charge in [0.05, 0.1) is 11.5 Å². The molecule has 1 aromatic rings. The van der Waals surface area contributed by atoms with E-state index in [2.05, 4.69) is 5.32 Å². The maximum absolute atomic E-state index is 11.9. The number of benzene rings is 1. The zero-order chi connectivity index (χ0) is 19.2. The van der Waals surface area contributed by atoms with Crippen molar-refractivity contribution in [1.29, 1.82) is 0 Å². The number of amides is 2. The Hall–Kier alpha value is -1.89. The Labute approximate surface area is 155 Å². The van der Waals surface area contributed by atoms with Crippen molar-refractivity contribution in [1.82, 2.24) is 10.2 Å². The van der Waals surface area contributed by atoms with E-state index in [0.717, 1.165) is 24.8 Å². The van der Waals surface area contributed by atoms with Gasteiger partial charge in [0.25, 0.3) is 5.91 Å². The van der Waals surface area contributed by atoms with Crippen LogP contribution in [0.25, 0.3) is 0 Å². The van der Waals surface area contributed by atoms with Crippen molar-refractivity contribution in [2.45, 2.75) is 32.1 Å². The molecular weight excluding hydrogens is 352 g/mol. The smallest absolute Gasteiger partial charge is 0.253 e. The Morgan fingerprint density at radius 1 is 1.19 bits per heavy atom. The average molecular weight is 381 g/mol. The highest BCUT2D eigenvalue weighted by Crippen LogP contribution is 2.22. The molecule has 1 N–H and O–H groups in total. The summed E-state index contributed by atoms with van der Waals surface area (Å²) < 4.78 is 22.8. The quantitative estimate of drug-likeness (QED) is 0.695. The largest absolute Gasteiger partial charge is 0.356 e. The normalized spacial score (nSPS) is 18.5. The van der Waals surface area contributed by atoms with Crippen molar-refractivity contribution in [3.63, 3.8) is 0 Å². The van der Waals surface area contributed by atoms with E-state index >= 15 is 0 Å². The standard InChI is InChI=1S/C19H28N2O4S/c1-21(2)19(23)17-8-5-15(6-9-17)7-10-18(22)20-12-3-4-16-11-13-26(24,25)14-16/h5-6,8-9,16H,3-4,7,10-14H2,1-2H3,(H,20,22). The maximum atomic E-state index is 11.9. The van der Waals surface area contributed by atoms with E-state index < -0.39 is 9.84 Å². The van der Waals surface area contributed by atoms with Crippen molar-refractivity contribution in [2.24, 2.45) is 5.92 Å². The molecular formula is C19H28N2O4S. The first-order valence-electron chi connectivity index (χ1n) is 9.04. The van der Waals surface area contributed by atoms with Crippen LogP contribution in [0.2, 0.25) is 0 Å². The molecule has 0 bridgehead atoms. The van der Waals surface area contributed by atoms with E-state index in [1.165, 1.54) is 4.90 Å². The molecule has 144 valence electrons. The molecule has 1 saturated heterocycles. The molecule has 0 aromatic heterocycles. The third kappa shape index (κ3) is 6.44. The third-order valence-electron chi connectivity index (χ3n) is 4.69. The number of nitrogens with one attached hydrogen (secondary N) is 1. The number of aryl methyl sites for hydroxylation is 1. The Balaban J connectivity index is 1.63. The fourth-order valence-corrected chi connectivity index (χ4v) is 5.05. The zero-order valence-corrected chi connectivity index (χ0v) is 16.3. The van der Waals surface area contributed by atoms with Gasteiger partial charge >= 0.3 is 0 Å². The monoisotopic (exact) mass is 380 g/mol. The molecule has 1 fully saturated rings. The summed E-state index contributed by atoms with van der Waals surface area (Å²) >= 11 is 0. The molecule has 1 heterocycles. The van der Waals surface area contributed by atoms with E-state index in [1.54, 1.807) is 26.2 Å². The van der Waals surface area contributed by atoms with Crippen LogP contribution in [0.5, 0.6) is 0 Å². The van der Waals surface area contributed by atoms with Gasteiger partial charge in [-0.25, -0.2) is 8.42 Å². The maximum Gasteiger partial charge on any atom is 0.253 e. The van der Waals surface area contributed by atoms with E-state index in [-0.39, 0.29) is 17.7 Å². The Morgan fingerprint density at radius 2 is 1.88 bits per heavy atom. The van der Waals surface area contributed by atoms with Crippen LogP contribution in [0.1, 0.15) is 41.6 Å². The number of hydrogen-bond donors (Lipinski definition) is 1. The van der Waals surface area contributed by atoms with E-state index in [9.17, 15) is 18.0 Å². The summed E-state index contributed by atoms with van der Waals surface area (Å²) in [5.74, 6) is 0.818. The van der Waals surface area contributed by atoms with Gasteiger partial charge in [0.1, 0.15) is 0 Å². The van der Waals surface area contributed by atoms with Crippen LogP contribution in [0.4, 0.5) is 0 Å². The lowest BCUT2D eigenvalue weighted by molar-refractivity contribution is -0.121. The second-order valence-electron chi connectivity index (χ2n) is 7.16. The van der Waals surface area contributed by atoms with Crippen molar-refractivity contribution in [3.8, 4) is 0 Å². The number of carbonyl (C=O) groups is 2. The lowest BCUT2D eigenvalue weighted by Gasteiger charge is -2.11. The number of nitrogens with zero attached hydrogens (tertiary/aromatic N) is 1. The van der Waals surface area contributed by atoms with Gasteiger partial charge in [0.15, 0.2) is 9.84 Å². The number of sulfone groups is 1. The number of carbonyl (C=O) groups excluding carboxylic acids is 2. The molecule has 6 nitrogen and oxygen atoms in total. The first-order valence-corrected chi connectivity index (χ1v) is 10.9. The third-order valence-corrected chi connectivity index (χ3v) is 6.52. The SMILES string of the molecule is CN(C)C(=O)c1ccc(CCC(=O)NCCCC2CCS(=O)(=O)C2)cc1. The second-order valence-corrected chi connectivity index (χ2v) is 9.39. The van der Waals surface area contributed by atoms with Gasteiger partial charge in [-0.05, 0) is 49.3 Å². The summed E-state index contributed by atoms with van der Waals surface area (Å²) in [6.07, 6.45) is 3.44.